The van der Waals surface area contributed by atoms with Crippen molar-refractivity contribution in [3.8, 4) is 0 Å². The third-order valence-corrected chi connectivity index (χ3v) is 3.92. The van der Waals surface area contributed by atoms with Crippen molar-refractivity contribution >= 4 is 17.6 Å². The van der Waals surface area contributed by atoms with Crippen LogP contribution in [-0.4, -0.2) is 22.9 Å². The predicted octanol–water partition coefficient (Wildman–Crippen LogP) is 3.48. The van der Waals surface area contributed by atoms with Crippen LogP contribution in [0.15, 0.2) is 24.3 Å². The molecule has 1 unspecified atom stereocenters. The third-order valence-electron chi connectivity index (χ3n) is 3.67. The van der Waals surface area contributed by atoms with Gasteiger partial charge in [-0.25, -0.2) is 0 Å². The number of nitrogens with zero attached hydrogens (tertiary/aromatic N) is 2. The Morgan fingerprint density at radius 3 is 2.52 bits per heavy atom. The molecule has 2 aromatic rings. The van der Waals surface area contributed by atoms with Crippen LogP contribution in [0.5, 0.6) is 0 Å². The van der Waals surface area contributed by atoms with Crippen LogP contribution < -0.4 is 0 Å². The van der Waals surface area contributed by atoms with Gasteiger partial charge in [-0.15, -0.1) is 0 Å². The van der Waals surface area contributed by atoms with E-state index in [-0.39, 0.29) is 11.9 Å². The van der Waals surface area contributed by atoms with Gasteiger partial charge in [0.1, 0.15) is 0 Å². The average molecular weight is 307 g/mol. The molecule has 1 heterocycles. The van der Waals surface area contributed by atoms with Crippen molar-refractivity contribution in [2.75, 3.05) is 7.11 Å². The minimum absolute atomic E-state index is 0.243. The Hall–Kier alpha value is -1.81. The molecule has 1 atom stereocenters. The Morgan fingerprint density at radius 1 is 1.33 bits per heavy atom. The van der Waals surface area contributed by atoms with Gasteiger partial charge in [0, 0.05) is 16.3 Å². The van der Waals surface area contributed by atoms with Gasteiger partial charge in [-0.1, -0.05) is 23.7 Å². The summed E-state index contributed by atoms with van der Waals surface area (Å²) in [6.07, 6.45) is 0. The number of benzene rings is 1. The van der Waals surface area contributed by atoms with Crippen LogP contribution in [0.1, 0.15) is 35.4 Å². The number of carbonyl (C=O) groups is 1. The monoisotopic (exact) mass is 306 g/mol. The van der Waals surface area contributed by atoms with Crippen molar-refractivity contribution in [3.63, 3.8) is 0 Å². The van der Waals surface area contributed by atoms with Crippen LogP contribution in [0.2, 0.25) is 5.02 Å². The summed E-state index contributed by atoms with van der Waals surface area (Å²) in [6.45, 7) is 6.39. The van der Waals surface area contributed by atoms with E-state index in [1.165, 1.54) is 7.11 Å². The van der Waals surface area contributed by atoms with E-state index >= 15 is 0 Å². The Balaban J connectivity index is 2.30. The van der Waals surface area contributed by atoms with Gasteiger partial charge in [0.2, 0.25) is 0 Å². The first-order valence-electron chi connectivity index (χ1n) is 6.80. The van der Waals surface area contributed by atoms with Crippen molar-refractivity contribution in [1.29, 1.82) is 0 Å². The number of aromatic nitrogens is 2. The smallest absolute Gasteiger partial charge is 0.312 e. The fraction of sp³-hybridized carbons (Fsp3) is 0.375. The summed E-state index contributed by atoms with van der Waals surface area (Å²) < 4.78 is 6.74. The summed E-state index contributed by atoms with van der Waals surface area (Å²) in [6, 6.07) is 7.67. The molecule has 0 saturated carbocycles. The number of rotatable bonds is 4. The Kier molecular flexibility index (Phi) is 4.68. The first-order valence-corrected chi connectivity index (χ1v) is 7.18. The van der Waals surface area contributed by atoms with Gasteiger partial charge in [0.05, 0.1) is 25.3 Å². The summed E-state index contributed by atoms with van der Waals surface area (Å²) in [5.74, 6) is -0.554. The highest BCUT2D eigenvalue weighted by Crippen LogP contribution is 2.25. The summed E-state index contributed by atoms with van der Waals surface area (Å²) in [5.41, 5.74) is 3.90. The molecule has 0 amide bonds. The molecule has 21 heavy (non-hydrogen) atoms. The molecule has 5 heteroatoms. The average Bonchev–Trinajstić information content (AvgIpc) is 2.74. The van der Waals surface area contributed by atoms with E-state index in [4.69, 9.17) is 16.3 Å². The lowest BCUT2D eigenvalue weighted by atomic mass is 9.99. The first kappa shape index (κ1) is 15.6. The molecule has 0 bridgehead atoms. The van der Waals surface area contributed by atoms with Gasteiger partial charge in [0.15, 0.2) is 0 Å². The molecule has 0 spiro atoms. The molecular formula is C16H19ClN2O2. The number of carbonyl (C=O) groups excluding carboxylic acids is 1. The quantitative estimate of drug-likeness (QED) is 0.812. The molecule has 0 fully saturated rings. The maximum Gasteiger partial charge on any atom is 0.312 e. The van der Waals surface area contributed by atoms with Crippen molar-refractivity contribution in [3.05, 3.63) is 51.8 Å². The van der Waals surface area contributed by atoms with E-state index in [1.807, 2.05) is 49.7 Å². The van der Waals surface area contributed by atoms with Gasteiger partial charge in [-0.3, -0.25) is 9.48 Å². The zero-order valence-electron chi connectivity index (χ0n) is 12.7. The Bertz CT molecular complexity index is 647. The second kappa shape index (κ2) is 6.31. The van der Waals surface area contributed by atoms with Crippen LogP contribution in [0.4, 0.5) is 0 Å². The number of ether oxygens (including phenoxy) is 1. The zero-order chi connectivity index (χ0) is 15.6. The predicted molar refractivity (Wildman–Crippen MR) is 82.7 cm³/mol. The van der Waals surface area contributed by atoms with Gasteiger partial charge < -0.3 is 4.74 Å². The fourth-order valence-corrected chi connectivity index (χ4v) is 2.67. The van der Waals surface area contributed by atoms with Gasteiger partial charge in [0.25, 0.3) is 0 Å². The van der Waals surface area contributed by atoms with Crippen molar-refractivity contribution in [1.82, 2.24) is 9.78 Å². The number of methoxy groups -OCH3 is 1. The van der Waals surface area contributed by atoms with E-state index < -0.39 is 0 Å². The van der Waals surface area contributed by atoms with Crippen molar-refractivity contribution < 1.29 is 9.53 Å². The maximum atomic E-state index is 11.7. The SMILES string of the molecule is COC(=O)C(C)c1c(C)nn(Cc2ccc(Cl)cc2)c1C. The zero-order valence-corrected chi connectivity index (χ0v) is 13.4. The number of aryl methyl sites for hydroxylation is 1. The molecular weight excluding hydrogens is 288 g/mol. The van der Waals surface area contributed by atoms with Crippen LogP contribution in [0.25, 0.3) is 0 Å². The normalized spacial score (nSPS) is 12.2. The molecule has 0 saturated heterocycles. The van der Waals surface area contributed by atoms with Gasteiger partial charge >= 0.3 is 5.97 Å². The molecule has 0 N–H and O–H groups in total. The van der Waals surface area contributed by atoms with E-state index in [0.29, 0.717) is 11.6 Å². The van der Waals surface area contributed by atoms with E-state index in [9.17, 15) is 4.79 Å². The molecule has 0 radical (unpaired) electrons. The first-order chi connectivity index (χ1) is 9.93. The standard InChI is InChI=1S/C16H19ClN2O2/c1-10(16(20)21-4)15-11(2)18-19(12(15)3)9-13-5-7-14(17)8-6-13/h5-8,10H,9H2,1-4H3. The largest absolute Gasteiger partial charge is 0.469 e. The molecule has 0 aliphatic rings. The Labute approximate surface area is 129 Å². The lowest BCUT2D eigenvalue weighted by Gasteiger charge is -2.10. The highest BCUT2D eigenvalue weighted by atomic mass is 35.5. The highest BCUT2D eigenvalue weighted by molar-refractivity contribution is 6.30. The lowest BCUT2D eigenvalue weighted by molar-refractivity contribution is -0.142. The summed E-state index contributed by atoms with van der Waals surface area (Å²) >= 11 is 5.89. The maximum absolute atomic E-state index is 11.7. The number of hydrogen-bond acceptors (Lipinski definition) is 3. The van der Waals surface area contributed by atoms with Crippen molar-refractivity contribution in [2.24, 2.45) is 0 Å². The lowest BCUT2D eigenvalue weighted by Crippen LogP contribution is -2.13. The summed E-state index contributed by atoms with van der Waals surface area (Å²) in [7, 11) is 1.40. The molecule has 1 aromatic carbocycles. The molecule has 0 aliphatic carbocycles. The molecule has 112 valence electrons. The van der Waals surface area contributed by atoms with E-state index in [0.717, 1.165) is 22.5 Å². The molecule has 2 rings (SSSR count). The molecule has 1 aromatic heterocycles. The minimum Gasteiger partial charge on any atom is -0.469 e. The summed E-state index contributed by atoms with van der Waals surface area (Å²) in [5, 5.41) is 5.26. The van der Waals surface area contributed by atoms with E-state index in [1.54, 1.807) is 0 Å². The number of halogens is 1. The second-order valence-corrected chi connectivity index (χ2v) is 5.55. The summed E-state index contributed by atoms with van der Waals surface area (Å²) in [4.78, 5) is 11.7. The van der Waals surface area contributed by atoms with Gasteiger partial charge in [-0.2, -0.15) is 5.10 Å². The number of hydrogen-bond donors (Lipinski definition) is 0. The van der Waals surface area contributed by atoms with Crippen LogP contribution >= 0.6 is 11.6 Å². The highest BCUT2D eigenvalue weighted by Gasteiger charge is 2.23. The van der Waals surface area contributed by atoms with Crippen LogP contribution in [-0.2, 0) is 16.1 Å². The van der Waals surface area contributed by atoms with E-state index in [2.05, 4.69) is 5.10 Å². The second-order valence-electron chi connectivity index (χ2n) is 5.11. The van der Waals surface area contributed by atoms with Crippen LogP contribution in [0, 0.1) is 13.8 Å². The number of esters is 1. The fourth-order valence-electron chi connectivity index (χ4n) is 2.55. The molecule has 0 aliphatic heterocycles. The third kappa shape index (κ3) is 3.27. The Morgan fingerprint density at radius 2 is 1.95 bits per heavy atom. The topological polar surface area (TPSA) is 44.1 Å². The van der Waals surface area contributed by atoms with Gasteiger partial charge in [-0.05, 0) is 38.5 Å². The van der Waals surface area contributed by atoms with Crippen molar-refractivity contribution in [2.45, 2.75) is 33.2 Å². The van der Waals surface area contributed by atoms with Crippen LogP contribution in [0.3, 0.4) is 0 Å². The molecule has 4 nitrogen and oxygen atoms in total. The minimum atomic E-state index is -0.311.